The van der Waals surface area contributed by atoms with Crippen molar-refractivity contribution < 1.29 is 22.8 Å². The zero-order valence-corrected chi connectivity index (χ0v) is 15.9. The number of amides is 2. The number of rotatable bonds is 4. The number of carbonyl (C=O) groups is 2. The van der Waals surface area contributed by atoms with E-state index in [0.29, 0.717) is 27.8 Å². The zero-order valence-electron chi connectivity index (χ0n) is 14.4. The number of carbonyl (C=O) groups excluding carboxylic acids is 2. The van der Waals surface area contributed by atoms with Crippen molar-refractivity contribution in [2.75, 3.05) is 11.4 Å². The lowest BCUT2D eigenvalue weighted by atomic mass is 10.1. The van der Waals surface area contributed by atoms with Crippen LogP contribution in [0.3, 0.4) is 0 Å². The monoisotopic (exact) mass is 430 g/mol. The fourth-order valence-corrected chi connectivity index (χ4v) is 3.54. The van der Waals surface area contributed by atoms with Crippen LogP contribution in [0, 0.1) is 5.92 Å². The third-order valence-electron chi connectivity index (χ3n) is 4.44. The third kappa shape index (κ3) is 4.42. The molecule has 3 rings (SSSR count). The lowest BCUT2D eigenvalue weighted by Crippen LogP contribution is -2.36. The average molecular weight is 431 g/mol. The quantitative estimate of drug-likeness (QED) is 0.715. The summed E-state index contributed by atoms with van der Waals surface area (Å²) in [6.07, 6.45) is -4.17. The van der Waals surface area contributed by atoms with Gasteiger partial charge in [0.05, 0.1) is 16.3 Å². The Morgan fingerprint density at radius 3 is 2.61 bits per heavy atom. The van der Waals surface area contributed by atoms with Crippen LogP contribution in [0.15, 0.2) is 42.5 Å². The SMILES string of the molecule is O=C(NCc1cccc(C(F)(F)F)c1)[C@H]1CCN(c2ccc(Cl)cc2Cl)C1=O. The van der Waals surface area contributed by atoms with E-state index >= 15 is 0 Å². The number of alkyl halides is 3. The molecule has 28 heavy (non-hydrogen) atoms. The first-order valence-electron chi connectivity index (χ1n) is 8.37. The minimum absolute atomic E-state index is 0.103. The number of anilines is 1. The first kappa shape index (κ1) is 20.5. The Labute approximate surface area is 169 Å². The second-order valence-corrected chi connectivity index (χ2v) is 7.19. The van der Waals surface area contributed by atoms with E-state index in [-0.39, 0.29) is 13.0 Å². The first-order valence-corrected chi connectivity index (χ1v) is 9.12. The van der Waals surface area contributed by atoms with Crippen LogP contribution < -0.4 is 10.2 Å². The van der Waals surface area contributed by atoms with Crippen molar-refractivity contribution in [1.29, 1.82) is 0 Å². The highest BCUT2D eigenvalue weighted by Gasteiger charge is 2.38. The van der Waals surface area contributed by atoms with Crippen LogP contribution in [-0.4, -0.2) is 18.4 Å². The summed E-state index contributed by atoms with van der Waals surface area (Å²) in [6.45, 7) is 0.204. The van der Waals surface area contributed by atoms with E-state index in [2.05, 4.69) is 5.32 Å². The predicted molar refractivity (Wildman–Crippen MR) is 100 cm³/mol. The van der Waals surface area contributed by atoms with Gasteiger partial charge in [-0.3, -0.25) is 9.59 Å². The van der Waals surface area contributed by atoms with Gasteiger partial charge in [0.15, 0.2) is 0 Å². The Hall–Kier alpha value is -2.25. The van der Waals surface area contributed by atoms with Gasteiger partial charge in [-0.25, -0.2) is 0 Å². The topological polar surface area (TPSA) is 49.4 Å². The van der Waals surface area contributed by atoms with E-state index in [9.17, 15) is 22.8 Å². The smallest absolute Gasteiger partial charge is 0.351 e. The molecule has 0 spiro atoms. The van der Waals surface area contributed by atoms with Crippen molar-refractivity contribution >= 4 is 40.7 Å². The molecule has 1 heterocycles. The van der Waals surface area contributed by atoms with Gasteiger partial charge in [-0.1, -0.05) is 35.3 Å². The second kappa shape index (κ2) is 8.01. The molecule has 2 aromatic carbocycles. The van der Waals surface area contributed by atoms with Crippen molar-refractivity contribution in [2.24, 2.45) is 5.92 Å². The van der Waals surface area contributed by atoms with Gasteiger partial charge in [0.1, 0.15) is 5.92 Å². The molecule has 9 heteroatoms. The molecule has 0 aliphatic carbocycles. The Kier molecular flexibility index (Phi) is 5.86. The molecule has 2 aromatic rings. The summed E-state index contributed by atoms with van der Waals surface area (Å²) in [6, 6.07) is 9.38. The summed E-state index contributed by atoms with van der Waals surface area (Å²) in [5, 5.41) is 3.26. The number of halogens is 5. The Morgan fingerprint density at radius 1 is 1.18 bits per heavy atom. The van der Waals surface area contributed by atoms with Gasteiger partial charge < -0.3 is 10.2 Å². The molecule has 1 aliphatic heterocycles. The van der Waals surface area contributed by atoms with Crippen LogP contribution in [-0.2, 0) is 22.3 Å². The van der Waals surface area contributed by atoms with E-state index in [1.807, 2.05) is 0 Å². The molecule has 1 atom stereocenters. The third-order valence-corrected chi connectivity index (χ3v) is 4.98. The maximum atomic E-state index is 12.8. The fourth-order valence-electron chi connectivity index (χ4n) is 3.03. The number of hydrogen-bond donors (Lipinski definition) is 1. The highest BCUT2D eigenvalue weighted by Crippen LogP contribution is 2.33. The van der Waals surface area contributed by atoms with Crippen LogP contribution in [0.2, 0.25) is 10.0 Å². The van der Waals surface area contributed by atoms with Crippen LogP contribution in [0.4, 0.5) is 18.9 Å². The summed E-state index contributed by atoms with van der Waals surface area (Å²) in [4.78, 5) is 26.4. The fraction of sp³-hybridized carbons (Fsp3) is 0.263. The molecule has 2 amide bonds. The Balaban J connectivity index is 1.65. The van der Waals surface area contributed by atoms with Crippen molar-refractivity contribution in [3.05, 3.63) is 63.6 Å². The molecule has 0 unspecified atom stereocenters. The maximum absolute atomic E-state index is 12.8. The molecule has 1 aliphatic rings. The average Bonchev–Trinajstić information content (AvgIpc) is 3.01. The number of benzene rings is 2. The molecular formula is C19H15Cl2F3N2O2. The van der Waals surface area contributed by atoms with E-state index in [0.717, 1.165) is 12.1 Å². The molecule has 148 valence electrons. The maximum Gasteiger partial charge on any atom is 0.416 e. The van der Waals surface area contributed by atoms with E-state index in [4.69, 9.17) is 23.2 Å². The summed E-state index contributed by atoms with van der Waals surface area (Å²) < 4.78 is 38.3. The molecule has 0 saturated carbocycles. The Bertz CT molecular complexity index is 918. The first-order chi connectivity index (χ1) is 13.2. The van der Waals surface area contributed by atoms with Crippen molar-refractivity contribution in [3.8, 4) is 0 Å². The van der Waals surface area contributed by atoms with Gasteiger partial charge in [-0.2, -0.15) is 13.2 Å². The molecule has 0 bridgehead atoms. The summed E-state index contributed by atoms with van der Waals surface area (Å²) in [5.41, 5.74) is -0.0322. The molecule has 1 N–H and O–H groups in total. The lowest BCUT2D eigenvalue weighted by molar-refractivity contribution is -0.137. The van der Waals surface area contributed by atoms with Gasteiger partial charge in [0.2, 0.25) is 11.8 Å². The predicted octanol–water partition coefficient (Wildman–Crippen LogP) is 4.68. The zero-order chi connectivity index (χ0) is 20.5. The molecule has 0 aromatic heterocycles. The minimum Gasteiger partial charge on any atom is -0.351 e. The van der Waals surface area contributed by atoms with Crippen LogP contribution in [0.25, 0.3) is 0 Å². The molecule has 4 nitrogen and oxygen atoms in total. The molecule has 0 radical (unpaired) electrons. The van der Waals surface area contributed by atoms with Gasteiger partial charge in [-0.15, -0.1) is 0 Å². The van der Waals surface area contributed by atoms with Crippen molar-refractivity contribution in [3.63, 3.8) is 0 Å². The molecular weight excluding hydrogens is 416 g/mol. The van der Waals surface area contributed by atoms with Gasteiger partial charge >= 0.3 is 6.18 Å². The summed E-state index contributed by atoms with van der Waals surface area (Å²) in [5.74, 6) is -1.86. The standard InChI is InChI=1S/C19H15Cl2F3N2O2/c20-13-4-5-16(15(21)9-13)26-7-6-14(18(26)28)17(27)25-10-11-2-1-3-12(8-11)19(22,23)24/h1-5,8-9,14H,6-7,10H2,(H,25,27)/t14-/m1/s1. The summed E-state index contributed by atoms with van der Waals surface area (Å²) >= 11 is 12.0. The second-order valence-electron chi connectivity index (χ2n) is 6.34. The van der Waals surface area contributed by atoms with E-state index in [1.54, 1.807) is 12.1 Å². The molecule has 1 fully saturated rings. The minimum atomic E-state index is -4.46. The number of nitrogens with zero attached hydrogens (tertiary/aromatic N) is 1. The number of hydrogen-bond acceptors (Lipinski definition) is 2. The van der Waals surface area contributed by atoms with Gasteiger partial charge in [0, 0.05) is 18.1 Å². The highest BCUT2D eigenvalue weighted by atomic mass is 35.5. The highest BCUT2D eigenvalue weighted by molar-refractivity contribution is 6.37. The molecule has 1 saturated heterocycles. The van der Waals surface area contributed by atoms with Crippen LogP contribution >= 0.6 is 23.2 Å². The van der Waals surface area contributed by atoms with Gasteiger partial charge in [0.25, 0.3) is 0 Å². The van der Waals surface area contributed by atoms with Crippen molar-refractivity contribution in [1.82, 2.24) is 5.32 Å². The van der Waals surface area contributed by atoms with Crippen molar-refractivity contribution in [2.45, 2.75) is 19.1 Å². The van der Waals surface area contributed by atoms with E-state index < -0.39 is 29.5 Å². The van der Waals surface area contributed by atoms with E-state index in [1.165, 1.54) is 23.1 Å². The van der Waals surface area contributed by atoms with Gasteiger partial charge in [-0.05, 0) is 42.3 Å². The largest absolute Gasteiger partial charge is 0.416 e. The number of nitrogens with one attached hydrogen (secondary N) is 1. The Morgan fingerprint density at radius 2 is 1.93 bits per heavy atom. The lowest BCUT2D eigenvalue weighted by Gasteiger charge is -2.18. The van der Waals surface area contributed by atoms with Crippen LogP contribution in [0.1, 0.15) is 17.5 Å². The van der Waals surface area contributed by atoms with Crippen LogP contribution in [0.5, 0.6) is 0 Å². The summed E-state index contributed by atoms with van der Waals surface area (Å²) in [7, 11) is 0. The normalized spacial score (nSPS) is 17.1.